The van der Waals surface area contributed by atoms with Crippen LogP contribution in [0.25, 0.3) is 0 Å². The molecule has 1 saturated heterocycles. The summed E-state index contributed by atoms with van der Waals surface area (Å²) in [6.07, 6.45) is 0. The number of aryl methyl sites for hydroxylation is 2. The fraction of sp³-hybridized carbons (Fsp3) is 0.269. The summed E-state index contributed by atoms with van der Waals surface area (Å²) >= 11 is 0. The van der Waals surface area contributed by atoms with E-state index in [4.69, 9.17) is 0 Å². The van der Waals surface area contributed by atoms with E-state index in [0.717, 1.165) is 37.3 Å². The molecule has 0 aromatic heterocycles. The summed E-state index contributed by atoms with van der Waals surface area (Å²) < 4.78 is 28.3. The highest BCUT2D eigenvalue weighted by molar-refractivity contribution is 7.92. The lowest BCUT2D eigenvalue weighted by molar-refractivity contribution is 0.102. The third kappa shape index (κ3) is 5.58. The number of carbonyl (C=O) groups excluding carboxylic acids is 1. The highest BCUT2D eigenvalue weighted by Gasteiger charge is 2.18. The fourth-order valence-corrected chi connectivity index (χ4v) is 5.16. The van der Waals surface area contributed by atoms with Crippen molar-refractivity contribution in [2.75, 3.05) is 48.2 Å². The van der Waals surface area contributed by atoms with Gasteiger partial charge in [-0.25, -0.2) is 8.42 Å². The minimum absolute atomic E-state index is 0.0308. The zero-order valence-corrected chi connectivity index (χ0v) is 20.5. The van der Waals surface area contributed by atoms with Crippen LogP contribution < -0.4 is 14.9 Å². The van der Waals surface area contributed by atoms with Crippen molar-refractivity contribution in [2.24, 2.45) is 0 Å². The van der Waals surface area contributed by atoms with Crippen molar-refractivity contribution in [2.45, 2.75) is 18.7 Å². The van der Waals surface area contributed by atoms with Gasteiger partial charge >= 0.3 is 0 Å². The van der Waals surface area contributed by atoms with Crippen molar-refractivity contribution in [3.63, 3.8) is 0 Å². The number of carbonyl (C=O) groups is 1. The zero-order chi connectivity index (χ0) is 24.3. The van der Waals surface area contributed by atoms with Gasteiger partial charge in [0.1, 0.15) is 0 Å². The molecule has 0 bridgehead atoms. The minimum Gasteiger partial charge on any atom is -0.369 e. The van der Waals surface area contributed by atoms with Gasteiger partial charge in [-0.3, -0.25) is 9.52 Å². The maximum absolute atomic E-state index is 12.9. The van der Waals surface area contributed by atoms with Gasteiger partial charge in [0.25, 0.3) is 15.9 Å². The van der Waals surface area contributed by atoms with Crippen LogP contribution in [-0.2, 0) is 10.0 Å². The number of hydrogen-bond donors (Lipinski definition) is 2. The number of sulfonamides is 1. The van der Waals surface area contributed by atoms with E-state index in [2.05, 4.69) is 26.9 Å². The predicted molar refractivity (Wildman–Crippen MR) is 137 cm³/mol. The quantitative estimate of drug-likeness (QED) is 0.557. The van der Waals surface area contributed by atoms with Crippen LogP contribution in [0.2, 0.25) is 0 Å². The molecule has 178 valence electrons. The SMILES string of the molecule is Cc1cccc(NS(=O)(=O)c2cccc(C(=O)Nc3ccc(N4CCN(C)CC4)c(C)c3)c2)c1. The Morgan fingerprint density at radius 3 is 2.29 bits per heavy atom. The highest BCUT2D eigenvalue weighted by atomic mass is 32.2. The van der Waals surface area contributed by atoms with Crippen molar-refractivity contribution < 1.29 is 13.2 Å². The molecule has 1 aliphatic rings. The van der Waals surface area contributed by atoms with Crippen LogP contribution >= 0.6 is 0 Å². The molecule has 1 amide bonds. The molecule has 0 spiro atoms. The summed E-state index contributed by atoms with van der Waals surface area (Å²) in [6, 6.07) is 19.0. The number of nitrogens with zero attached hydrogens (tertiary/aromatic N) is 2. The number of nitrogens with one attached hydrogen (secondary N) is 2. The lowest BCUT2D eigenvalue weighted by Crippen LogP contribution is -2.44. The second-order valence-corrected chi connectivity index (χ2v) is 10.4. The summed E-state index contributed by atoms with van der Waals surface area (Å²) in [7, 11) is -1.70. The van der Waals surface area contributed by atoms with Gasteiger partial charge in [0, 0.05) is 48.8 Å². The Bertz CT molecular complexity index is 1300. The normalized spacial score (nSPS) is 14.6. The second kappa shape index (κ2) is 9.87. The van der Waals surface area contributed by atoms with E-state index in [1.807, 2.05) is 38.1 Å². The van der Waals surface area contributed by atoms with Crippen molar-refractivity contribution in [1.82, 2.24) is 4.90 Å². The Labute approximate surface area is 201 Å². The Morgan fingerprint density at radius 1 is 0.853 bits per heavy atom. The number of likely N-dealkylation sites (N-methyl/N-ethyl adjacent to an activating group) is 1. The molecule has 1 fully saturated rings. The molecular weight excluding hydrogens is 448 g/mol. The average molecular weight is 479 g/mol. The molecule has 1 heterocycles. The minimum atomic E-state index is -3.83. The second-order valence-electron chi connectivity index (χ2n) is 8.75. The maximum Gasteiger partial charge on any atom is 0.261 e. The lowest BCUT2D eigenvalue weighted by atomic mass is 10.1. The van der Waals surface area contributed by atoms with E-state index < -0.39 is 10.0 Å². The molecule has 1 aliphatic heterocycles. The summed E-state index contributed by atoms with van der Waals surface area (Å²) in [5.41, 5.74) is 4.62. The molecule has 7 nitrogen and oxygen atoms in total. The fourth-order valence-electron chi connectivity index (χ4n) is 4.07. The van der Waals surface area contributed by atoms with Crippen molar-refractivity contribution in [3.8, 4) is 0 Å². The van der Waals surface area contributed by atoms with Gasteiger partial charge < -0.3 is 15.1 Å². The lowest BCUT2D eigenvalue weighted by Gasteiger charge is -2.35. The van der Waals surface area contributed by atoms with Crippen LogP contribution in [0.3, 0.4) is 0 Å². The van der Waals surface area contributed by atoms with E-state index in [-0.39, 0.29) is 16.4 Å². The Kier molecular flexibility index (Phi) is 6.90. The largest absolute Gasteiger partial charge is 0.369 e. The number of rotatable bonds is 6. The summed E-state index contributed by atoms with van der Waals surface area (Å²) in [5.74, 6) is -0.362. The first-order valence-electron chi connectivity index (χ1n) is 11.3. The number of hydrogen-bond acceptors (Lipinski definition) is 5. The van der Waals surface area contributed by atoms with Crippen LogP contribution in [-0.4, -0.2) is 52.5 Å². The molecule has 0 atom stereocenters. The average Bonchev–Trinajstić information content (AvgIpc) is 2.80. The first-order valence-corrected chi connectivity index (χ1v) is 12.7. The van der Waals surface area contributed by atoms with Gasteiger partial charge in [-0.1, -0.05) is 18.2 Å². The third-order valence-corrected chi connectivity index (χ3v) is 7.35. The van der Waals surface area contributed by atoms with Gasteiger partial charge in [0.2, 0.25) is 0 Å². The van der Waals surface area contributed by atoms with E-state index >= 15 is 0 Å². The van der Waals surface area contributed by atoms with Gasteiger partial charge in [-0.2, -0.15) is 0 Å². The summed E-state index contributed by atoms with van der Waals surface area (Å²) in [4.78, 5) is 17.6. The highest BCUT2D eigenvalue weighted by Crippen LogP contribution is 2.25. The topological polar surface area (TPSA) is 81.7 Å². The van der Waals surface area contributed by atoms with Crippen molar-refractivity contribution in [1.29, 1.82) is 0 Å². The molecule has 3 aromatic rings. The molecule has 0 aliphatic carbocycles. The van der Waals surface area contributed by atoms with Crippen molar-refractivity contribution >= 4 is 33.0 Å². The molecule has 34 heavy (non-hydrogen) atoms. The Balaban J connectivity index is 1.47. The van der Waals surface area contributed by atoms with Gasteiger partial charge in [0.05, 0.1) is 4.90 Å². The number of piperazine rings is 1. The third-order valence-electron chi connectivity index (χ3n) is 5.98. The van der Waals surface area contributed by atoms with Crippen LogP contribution in [0.1, 0.15) is 21.5 Å². The first kappa shape index (κ1) is 23.8. The molecule has 3 aromatic carbocycles. The number of anilines is 3. The van der Waals surface area contributed by atoms with Gasteiger partial charge in [0.15, 0.2) is 0 Å². The van der Waals surface area contributed by atoms with E-state index in [1.54, 1.807) is 30.3 Å². The van der Waals surface area contributed by atoms with Crippen molar-refractivity contribution in [3.05, 3.63) is 83.4 Å². The van der Waals surface area contributed by atoms with E-state index in [0.29, 0.717) is 11.4 Å². The van der Waals surface area contributed by atoms with E-state index in [1.165, 1.54) is 17.8 Å². The standard InChI is InChI=1S/C26H30N4O3S/c1-19-6-4-8-23(16-19)28-34(32,33)24-9-5-7-21(18-24)26(31)27-22-10-11-25(20(2)17-22)30-14-12-29(3)13-15-30/h4-11,16-18,28H,12-15H2,1-3H3,(H,27,31). The summed E-state index contributed by atoms with van der Waals surface area (Å²) in [5, 5.41) is 2.89. The van der Waals surface area contributed by atoms with Crippen LogP contribution in [0, 0.1) is 13.8 Å². The molecule has 8 heteroatoms. The van der Waals surface area contributed by atoms with E-state index in [9.17, 15) is 13.2 Å². The zero-order valence-electron chi connectivity index (χ0n) is 19.7. The summed E-state index contributed by atoms with van der Waals surface area (Å²) in [6.45, 7) is 7.92. The Morgan fingerprint density at radius 2 is 1.59 bits per heavy atom. The monoisotopic (exact) mass is 478 g/mol. The maximum atomic E-state index is 12.9. The van der Waals surface area contributed by atoms with Gasteiger partial charge in [-0.15, -0.1) is 0 Å². The molecule has 0 radical (unpaired) electrons. The number of amides is 1. The van der Waals surface area contributed by atoms with Crippen LogP contribution in [0.4, 0.5) is 17.1 Å². The molecule has 0 unspecified atom stereocenters. The predicted octanol–water partition coefficient (Wildman–Crippen LogP) is 4.11. The number of benzene rings is 3. The molecular formula is C26H30N4O3S. The Hall–Kier alpha value is -3.36. The molecule has 4 rings (SSSR count). The van der Waals surface area contributed by atoms with Crippen LogP contribution in [0.5, 0.6) is 0 Å². The van der Waals surface area contributed by atoms with Gasteiger partial charge in [-0.05, 0) is 80.6 Å². The molecule has 2 N–H and O–H groups in total. The van der Waals surface area contributed by atoms with Crippen LogP contribution in [0.15, 0.2) is 71.6 Å². The first-order chi connectivity index (χ1) is 16.2. The smallest absolute Gasteiger partial charge is 0.261 e. The molecule has 0 saturated carbocycles.